The summed E-state index contributed by atoms with van der Waals surface area (Å²) in [5.41, 5.74) is 0.844. The molecule has 0 spiro atoms. The van der Waals surface area contributed by atoms with Crippen LogP contribution in [-0.2, 0) is 5.45 Å². The van der Waals surface area contributed by atoms with Crippen molar-refractivity contribution in [1.29, 1.82) is 0 Å². The average molecular weight is 229 g/mol. The van der Waals surface area contributed by atoms with E-state index in [9.17, 15) is 5.21 Å². The van der Waals surface area contributed by atoms with Gasteiger partial charge in [0.2, 0.25) is 6.33 Å². The van der Waals surface area contributed by atoms with Crippen molar-refractivity contribution in [2.75, 3.05) is 0 Å². The third-order valence-electron chi connectivity index (χ3n) is 1.54. The van der Waals surface area contributed by atoms with E-state index >= 15 is 0 Å². The van der Waals surface area contributed by atoms with Gasteiger partial charge in [-0.1, -0.05) is 15.9 Å². The lowest BCUT2D eigenvalue weighted by atomic mass is 10.4. The molecule has 0 bridgehead atoms. The van der Waals surface area contributed by atoms with Gasteiger partial charge in [0.1, 0.15) is 10.8 Å². The zero-order valence-corrected chi connectivity index (χ0v) is 7.60. The highest BCUT2D eigenvalue weighted by atomic mass is 79.9. The highest BCUT2D eigenvalue weighted by molar-refractivity contribution is 9.08. The Bertz CT molecular complexity index is 413. The van der Waals surface area contributed by atoms with Gasteiger partial charge in [-0.05, 0) is 4.98 Å². The van der Waals surface area contributed by atoms with Gasteiger partial charge >= 0.3 is 5.65 Å². The SMILES string of the molecule is [O-][n+]1c2ncncc2cn1CBr. The number of fused-ring (bicyclic) bond motifs is 1. The van der Waals surface area contributed by atoms with Gasteiger partial charge in [0.15, 0.2) is 0 Å². The van der Waals surface area contributed by atoms with Gasteiger partial charge in [0, 0.05) is 6.20 Å². The first-order valence-corrected chi connectivity index (χ1v) is 4.39. The number of halogens is 1. The fourth-order valence-corrected chi connectivity index (χ4v) is 1.35. The summed E-state index contributed by atoms with van der Waals surface area (Å²) < 4.78 is 1.46. The Kier molecular flexibility index (Phi) is 1.69. The molecule has 62 valence electrons. The van der Waals surface area contributed by atoms with Crippen molar-refractivity contribution in [2.24, 2.45) is 0 Å². The van der Waals surface area contributed by atoms with Crippen LogP contribution >= 0.6 is 15.9 Å². The van der Waals surface area contributed by atoms with Crippen LogP contribution in [0.15, 0.2) is 18.7 Å². The summed E-state index contributed by atoms with van der Waals surface area (Å²) in [6.07, 6.45) is 4.66. The Balaban J connectivity index is 2.78. The summed E-state index contributed by atoms with van der Waals surface area (Å²) in [5.74, 6) is 0. The van der Waals surface area contributed by atoms with Gasteiger partial charge in [-0.3, -0.25) is 0 Å². The molecule has 0 atom stereocenters. The monoisotopic (exact) mass is 228 g/mol. The van der Waals surface area contributed by atoms with E-state index in [2.05, 4.69) is 25.9 Å². The summed E-state index contributed by atoms with van der Waals surface area (Å²) in [5, 5.41) is 12.1. The van der Waals surface area contributed by atoms with Crippen molar-refractivity contribution in [1.82, 2.24) is 14.6 Å². The minimum atomic E-state index is 0.393. The predicted molar refractivity (Wildman–Crippen MR) is 45.4 cm³/mol. The second kappa shape index (κ2) is 2.71. The van der Waals surface area contributed by atoms with Crippen LogP contribution in [0.4, 0.5) is 0 Å². The highest BCUT2D eigenvalue weighted by Gasteiger charge is 2.09. The molecule has 12 heavy (non-hydrogen) atoms. The largest absolute Gasteiger partial charge is 0.692 e. The van der Waals surface area contributed by atoms with Gasteiger partial charge < -0.3 is 5.21 Å². The van der Waals surface area contributed by atoms with Crippen LogP contribution in [0, 0.1) is 5.21 Å². The van der Waals surface area contributed by atoms with Crippen LogP contribution in [0.1, 0.15) is 0 Å². The lowest BCUT2D eigenvalue weighted by Crippen LogP contribution is -2.36. The van der Waals surface area contributed by atoms with Crippen LogP contribution in [0.25, 0.3) is 11.0 Å². The first kappa shape index (κ1) is 7.48. The first-order valence-electron chi connectivity index (χ1n) is 3.27. The molecular weight excluding hydrogens is 224 g/mol. The maximum absolute atomic E-state index is 11.3. The molecule has 0 aliphatic carbocycles. The predicted octanol–water partition coefficient (Wildman–Crippen LogP) is 0.417. The van der Waals surface area contributed by atoms with Crippen molar-refractivity contribution in [2.45, 2.75) is 5.45 Å². The lowest BCUT2D eigenvalue weighted by molar-refractivity contribution is -0.669. The molecule has 0 aliphatic rings. The van der Waals surface area contributed by atoms with Crippen LogP contribution in [-0.4, -0.2) is 14.6 Å². The molecule has 2 heterocycles. The van der Waals surface area contributed by atoms with Crippen molar-refractivity contribution >= 4 is 27.0 Å². The van der Waals surface area contributed by atoms with E-state index in [1.165, 1.54) is 11.0 Å². The Labute approximate surface area is 76.4 Å². The molecule has 0 amide bonds. The molecule has 0 N–H and O–H groups in total. The van der Waals surface area contributed by atoms with Crippen molar-refractivity contribution < 1.29 is 4.85 Å². The molecule has 2 aromatic heterocycles. The molecule has 6 heteroatoms. The zero-order valence-electron chi connectivity index (χ0n) is 6.01. The summed E-state index contributed by atoms with van der Waals surface area (Å²) in [7, 11) is 0. The molecule has 0 radical (unpaired) electrons. The van der Waals surface area contributed by atoms with Crippen LogP contribution in [0.5, 0.6) is 0 Å². The molecule has 2 rings (SSSR count). The summed E-state index contributed by atoms with van der Waals surface area (Å²) >= 11 is 3.18. The number of hydrogen-bond donors (Lipinski definition) is 0. The number of rotatable bonds is 1. The normalized spacial score (nSPS) is 10.8. The minimum Gasteiger partial charge on any atom is -0.692 e. The molecular formula is C6H5BrN4O. The standard InChI is InChI=1S/C6H5BrN4O/c7-3-10-2-5-1-8-4-9-6(5)11(10)12/h1-2,4H,3H2. The Morgan fingerprint density at radius 3 is 3.17 bits per heavy atom. The van der Waals surface area contributed by atoms with Crippen molar-refractivity contribution in [3.8, 4) is 0 Å². The molecule has 0 unspecified atom stereocenters. The first-order chi connectivity index (χ1) is 5.83. The summed E-state index contributed by atoms with van der Waals surface area (Å²) in [6, 6.07) is 0. The van der Waals surface area contributed by atoms with Gasteiger partial charge in [-0.2, -0.15) is 0 Å². The third kappa shape index (κ3) is 0.953. The van der Waals surface area contributed by atoms with Gasteiger partial charge in [-0.25, -0.2) is 9.67 Å². The van der Waals surface area contributed by atoms with E-state index in [0.717, 1.165) is 10.2 Å². The van der Waals surface area contributed by atoms with E-state index < -0.39 is 0 Å². The van der Waals surface area contributed by atoms with E-state index in [4.69, 9.17) is 0 Å². The van der Waals surface area contributed by atoms with E-state index in [0.29, 0.717) is 11.1 Å². The molecule has 0 aliphatic heterocycles. The summed E-state index contributed by atoms with van der Waals surface area (Å²) in [6.45, 7) is 0. The molecule has 0 fully saturated rings. The van der Waals surface area contributed by atoms with E-state index in [-0.39, 0.29) is 0 Å². The Hall–Kier alpha value is -1.17. The topological polar surface area (TPSA) is 57.6 Å². The second-order valence-electron chi connectivity index (χ2n) is 2.26. The number of aromatic nitrogens is 4. The Morgan fingerprint density at radius 1 is 1.67 bits per heavy atom. The molecule has 0 saturated heterocycles. The van der Waals surface area contributed by atoms with E-state index in [1.807, 2.05) is 0 Å². The molecule has 0 aromatic carbocycles. The Morgan fingerprint density at radius 2 is 2.50 bits per heavy atom. The zero-order chi connectivity index (χ0) is 8.55. The fraction of sp³-hybridized carbons (Fsp3) is 0.167. The van der Waals surface area contributed by atoms with Crippen LogP contribution < -0.4 is 4.85 Å². The number of nitrogens with zero attached hydrogens (tertiary/aromatic N) is 4. The third-order valence-corrected chi connectivity index (χ3v) is 2.06. The van der Waals surface area contributed by atoms with Crippen LogP contribution in [0.2, 0.25) is 0 Å². The number of hydrogen-bond acceptors (Lipinski definition) is 3. The maximum atomic E-state index is 11.3. The molecule has 2 aromatic rings. The minimum absolute atomic E-state index is 0.393. The van der Waals surface area contributed by atoms with Gasteiger partial charge in [0.05, 0.1) is 6.20 Å². The van der Waals surface area contributed by atoms with Gasteiger partial charge in [-0.15, -0.1) is 4.85 Å². The lowest BCUT2D eigenvalue weighted by Gasteiger charge is -2.01. The van der Waals surface area contributed by atoms with Crippen molar-refractivity contribution in [3.05, 3.63) is 23.9 Å². The van der Waals surface area contributed by atoms with Crippen LogP contribution in [0.3, 0.4) is 0 Å². The number of alkyl halides is 1. The smallest absolute Gasteiger partial charge is 0.357 e. The van der Waals surface area contributed by atoms with E-state index in [1.54, 1.807) is 12.4 Å². The molecule has 0 saturated carbocycles. The quantitative estimate of drug-likeness (QED) is 0.404. The van der Waals surface area contributed by atoms with Gasteiger partial charge in [0.25, 0.3) is 0 Å². The maximum Gasteiger partial charge on any atom is 0.357 e. The fourth-order valence-electron chi connectivity index (χ4n) is 1.00. The van der Waals surface area contributed by atoms with Crippen molar-refractivity contribution in [3.63, 3.8) is 0 Å². The highest BCUT2D eigenvalue weighted by Crippen LogP contribution is 2.04. The second-order valence-corrected chi connectivity index (χ2v) is 2.76. The summed E-state index contributed by atoms with van der Waals surface area (Å²) in [4.78, 5) is 8.38. The average Bonchev–Trinajstić information content (AvgIpc) is 2.44. The molecule has 5 nitrogen and oxygen atoms in total.